The second-order valence-electron chi connectivity index (χ2n) is 11.9. The third-order valence-corrected chi connectivity index (χ3v) is 7.54. The van der Waals surface area contributed by atoms with E-state index in [9.17, 15) is 9.59 Å². The summed E-state index contributed by atoms with van der Waals surface area (Å²) in [4.78, 5) is 48.9. The molecule has 1 atom stereocenters. The van der Waals surface area contributed by atoms with Gasteiger partial charge >= 0.3 is 0 Å². The summed E-state index contributed by atoms with van der Waals surface area (Å²) in [5.41, 5.74) is 1.69. The fourth-order valence-corrected chi connectivity index (χ4v) is 5.30. The monoisotopic (exact) mass is 646 g/mol. The standard InChI is InChI=1S/C35H38N10O3/c1-20(2)41-33-31-25(8-13-39-35(31)47)18-29(45-33)43-27-16-23(6-11-37-27)9-14-48-22(4)19-40-32-30-24(7-12-38-34(30)46)17-28(44-32)42-26-15-21(3)5-10-36-26/h5-8,10-13,15-18,20,22H,9,14,19H2,1-4H3,(H,38,46)(H,39,47)(H2,36,40,42,44)(H2,37,41,43,45)/t22-/m0/s1. The third-order valence-electron chi connectivity index (χ3n) is 7.54. The van der Waals surface area contributed by atoms with Crippen molar-refractivity contribution in [3.05, 3.63) is 105 Å². The molecule has 6 rings (SSSR count). The molecular weight excluding hydrogens is 608 g/mol. The van der Waals surface area contributed by atoms with E-state index in [1.807, 2.05) is 76.2 Å². The Labute approximate surface area is 276 Å². The van der Waals surface area contributed by atoms with E-state index in [1.54, 1.807) is 24.8 Å². The molecule has 6 N–H and O–H groups in total. The third kappa shape index (κ3) is 7.76. The molecule has 0 fully saturated rings. The van der Waals surface area contributed by atoms with E-state index in [2.05, 4.69) is 46.2 Å². The second kappa shape index (κ2) is 14.3. The first-order valence-corrected chi connectivity index (χ1v) is 15.8. The molecule has 6 aromatic heterocycles. The first-order valence-electron chi connectivity index (χ1n) is 15.8. The quantitative estimate of drug-likeness (QED) is 0.0918. The van der Waals surface area contributed by atoms with Crippen molar-refractivity contribution in [1.82, 2.24) is 29.9 Å². The summed E-state index contributed by atoms with van der Waals surface area (Å²) < 4.78 is 6.12. The summed E-state index contributed by atoms with van der Waals surface area (Å²) in [6, 6.07) is 15.2. The first-order chi connectivity index (χ1) is 23.2. The van der Waals surface area contributed by atoms with E-state index in [0.717, 1.165) is 21.9 Å². The average molecular weight is 647 g/mol. The minimum atomic E-state index is -0.224. The molecule has 13 nitrogen and oxygen atoms in total. The first kappa shape index (κ1) is 32.1. The molecule has 0 unspecified atom stereocenters. The zero-order valence-electron chi connectivity index (χ0n) is 27.2. The summed E-state index contributed by atoms with van der Waals surface area (Å²) in [6.45, 7) is 8.87. The Morgan fingerprint density at radius 3 is 2.00 bits per heavy atom. The molecule has 0 aliphatic heterocycles. The molecule has 0 aliphatic carbocycles. The smallest absolute Gasteiger partial charge is 0.259 e. The highest BCUT2D eigenvalue weighted by Gasteiger charge is 2.14. The highest BCUT2D eigenvalue weighted by molar-refractivity contribution is 5.94. The molecule has 0 spiro atoms. The van der Waals surface area contributed by atoms with Gasteiger partial charge in [-0.1, -0.05) is 0 Å². The van der Waals surface area contributed by atoms with Crippen molar-refractivity contribution >= 4 is 56.5 Å². The van der Waals surface area contributed by atoms with Gasteiger partial charge in [-0.15, -0.1) is 0 Å². The molecule has 0 aromatic carbocycles. The maximum Gasteiger partial charge on any atom is 0.259 e. The number of hydrogen-bond donors (Lipinski definition) is 6. The molecule has 0 saturated heterocycles. The molecule has 13 heteroatoms. The number of aryl methyl sites for hydroxylation is 1. The van der Waals surface area contributed by atoms with Gasteiger partial charge in [0.05, 0.1) is 23.5 Å². The predicted octanol–water partition coefficient (Wildman–Crippen LogP) is 5.63. The van der Waals surface area contributed by atoms with Crippen LogP contribution in [0.4, 0.5) is 34.9 Å². The van der Waals surface area contributed by atoms with E-state index in [4.69, 9.17) is 9.72 Å². The van der Waals surface area contributed by atoms with Crippen LogP contribution in [0, 0.1) is 6.92 Å². The fraction of sp³-hybridized carbons (Fsp3) is 0.257. The van der Waals surface area contributed by atoms with Crippen LogP contribution in [0.2, 0.25) is 0 Å². The highest BCUT2D eigenvalue weighted by atomic mass is 16.5. The Balaban J connectivity index is 1.08. The van der Waals surface area contributed by atoms with E-state index in [1.165, 1.54) is 0 Å². The number of H-pyrrole nitrogens is 2. The van der Waals surface area contributed by atoms with Gasteiger partial charge in [-0.25, -0.2) is 19.9 Å². The number of nitrogens with one attached hydrogen (secondary N) is 6. The number of nitrogens with zero attached hydrogens (tertiary/aromatic N) is 4. The molecule has 0 radical (unpaired) electrons. The van der Waals surface area contributed by atoms with Gasteiger partial charge in [0.25, 0.3) is 11.1 Å². The zero-order chi connectivity index (χ0) is 33.6. The molecule has 6 aromatic rings. The SMILES string of the molecule is Cc1ccnc(Nc2cc3cc[nH]c(=O)c3c(NC[C@H](C)OCCc3ccnc(Nc4cc5cc[nH]c(=O)c5c(NC(C)C)n4)c3)n2)c1. The number of anilines is 6. The minimum absolute atomic E-state index is 0.0941. The Bertz CT molecular complexity index is 2180. The van der Waals surface area contributed by atoms with Crippen LogP contribution in [-0.4, -0.2) is 55.2 Å². The Hall–Kier alpha value is -5.82. The highest BCUT2D eigenvalue weighted by Crippen LogP contribution is 2.25. The lowest BCUT2D eigenvalue weighted by Crippen LogP contribution is -2.22. The topological polar surface area (TPSA) is 175 Å². The second-order valence-corrected chi connectivity index (χ2v) is 11.9. The minimum Gasteiger partial charge on any atom is -0.376 e. The van der Waals surface area contributed by atoms with Crippen LogP contribution in [0.1, 0.15) is 31.9 Å². The summed E-state index contributed by atoms with van der Waals surface area (Å²) in [6.07, 6.45) is 7.21. The Kier molecular flexibility index (Phi) is 9.57. The van der Waals surface area contributed by atoms with Gasteiger partial charge in [0.15, 0.2) is 0 Å². The number of fused-ring (bicyclic) bond motifs is 2. The van der Waals surface area contributed by atoms with Crippen molar-refractivity contribution in [2.45, 2.75) is 46.3 Å². The molecule has 246 valence electrons. The van der Waals surface area contributed by atoms with Crippen LogP contribution >= 0.6 is 0 Å². The lowest BCUT2D eigenvalue weighted by molar-refractivity contribution is 0.0771. The maximum atomic E-state index is 12.7. The number of pyridine rings is 6. The number of rotatable bonds is 13. The fourth-order valence-electron chi connectivity index (χ4n) is 5.30. The zero-order valence-corrected chi connectivity index (χ0v) is 27.2. The van der Waals surface area contributed by atoms with Gasteiger partial charge in [0.2, 0.25) is 0 Å². The lowest BCUT2D eigenvalue weighted by atomic mass is 10.2. The number of hydrogen-bond acceptors (Lipinski definition) is 11. The van der Waals surface area contributed by atoms with Gasteiger partial charge in [-0.2, -0.15) is 0 Å². The van der Waals surface area contributed by atoms with Crippen LogP contribution in [0.15, 0.2) is 82.9 Å². The van der Waals surface area contributed by atoms with Crippen LogP contribution in [0.3, 0.4) is 0 Å². The molecule has 0 amide bonds. The largest absolute Gasteiger partial charge is 0.376 e. The number of ether oxygens (including phenoxy) is 1. The Morgan fingerprint density at radius 2 is 1.35 bits per heavy atom. The van der Waals surface area contributed by atoms with Crippen LogP contribution < -0.4 is 32.4 Å². The number of aromatic amines is 2. The van der Waals surface area contributed by atoms with Crippen LogP contribution in [0.25, 0.3) is 21.5 Å². The van der Waals surface area contributed by atoms with Gasteiger partial charge in [-0.3, -0.25) is 9.59 Å². The normalized spacial score (nSPS) is 11.9. The van der Waals surface area contributed by atoms with Crippen molar-refractivity contribution in [3.8, 4) is 0 Å². The summed E-state index contributed by atoms with van der Waals surface area (Å²) in [5, 5.41) is 15.6. The lowest BCUT2D eigenvalue weighted by Gasteiger charge is -2.17. The van der Waals surface area contributed by atoms with Crippen molar-refractivity contribution in [1.29, 1.82) is 0 Å². The van der Waals surface area contributed by atoms with Crippen LogP contribution in [-0.2, 0) is 11.2 Å². The molecule has 48 heavy (non-hydrogen) atoms. The van der Waals surface area contributed by atoms with E-state index in [0.29, 0.717) is 65.3 Å². The van der Waals surface area contributed by atoms with Gasteiger partial charge in [0.1, 0.15) is 34.9 Å². The van der Waals surface area contributed by atoms with Crippen molar-refractivity contribution < 1.29 is 4.74 Å². The molecule has 6 heterocycles. The summed E-state index contributed by atoms with van der Waals surface area (Å²) in [7, 11) is 0. The average Bonchev–Trinajstić information content (AvgIpc) is 3.03. The van der Waals surface area contributed by atoms with Gasteiger partial charge in [-0.05, 0) is 105 Å². The van der Waals surface area contributed by atoms with E-state index in [-0.39, 0.29) is 23.3 Å². The summed E-state index contributed by atoms with van der Waals surface area (Å²) in [5.74, 6) is 3.42. The maximum absolute atomic E-state index is 12.7. The van der Waals surface area contributed by atoms with E-state index < -0.39 is 0 Å². The molecule has 0 aliphatic rings. The molecular formula is C35H38N10O3. The van der Waals surface area contributed by atoms with Crippen LogP contribution in [0.5, 0.6) is 0 Å². The number of aromatic nitrogens is 6. The predicted molar refractivity (Wildman–Crippen MR) is 191 cm³/mol. The van der Waals surface area contributed by atoms with Gasteiger partial charge < -0.3 is 36.0 Å². The van der Waals surface area contributed by atoms with Crippen molar-refractivity contribution in [2.75, 3.05) is 34.4 Å². The summed E-state index contributed by atoms with van der Waals surface area (Å²) >= 11 is 0. The van der Waals surface area contributed by atoms with Crippen molar-refractivity contribution in [3.63, 3.8) is 0 Å². The molecule has 0 bridgehead atoms. The molecule has 0 saturated carbocycles. The Morgan fingerprint density at radius 1 is 0.750 bits per heavy atom. The van der Waals surface area contributed by atoms with Crippen molar-refractivity contribution in [2.24, 2.45) is 0 Å². The van der Waals surface area contributed by atoms with E-state index >= 15 is 0 Å². The van der Waals surface area contributed by atoms with Gasteiger partial charge in [0, 0.05) is 37.4 Å².